The molecule has 0 aliphatic carbocycles. The maximum absolute atomic E-state index is 13.0. The van der Waals surface area contributed by atoms with Crippen molar-refractivity contribution in [1.29, 1.82) is 0 Å². The van der Waals surface area contributed by atoms with Crippen molar-refractivity contribution in [2.24, 2.45) is 0 Å². The van der Waals surface area contributed by atoms with E-state index in [4.69, 9.17) is 9.47 Å². The number of hydrogen-bond donors (Lipinski definition) is 0. The predicted molar refractivity (Wildman–Crippen MR) is 177 cm³/mol. The van der Waals surface area contributed by atoms with E-state index in [9.17, 15) is 4.79 Å². The van der Waals surface area contributed by atoms with Crippen molar-refractivity contribution in [2.45, 2.75) is 123 Å². The van der Waals surface area contributed by atoms with E-state index in [1.54, 1.807) is 0 Å². The van der Waals surface area contributed by atoms with Crippen LogP contribution in [0.15, 0.2) is 72.8 Å². The molecular formula is C39H54O3. The lowest BCUT2D eigenvalue weighted by atomic mass is 9.91. The lowest BCUT2D eigenvalue weighted by Crippen LogP contribution is -2.11. The number of rotatable bonds is 20. The molecule has 42 heavy (non-hydrogen) atoms. The standard InChI is InChI=1S/C39H54O3/c1-5-8-9-10-11-12-13-14-15-18-30-41-31(4)33-22-24-34(25-23-33)35-26-28-36(29-27-35)39(40)42-38-21-17-16-20-37(38)32(7-3)19-6-2/h16-17,20-29,31-32H,5-15,18-19,30H2,1-4H3. The van der Waals surface area contributed by atoms with Crippen molar-refractivity contribution in [3.63, 3.8) is 0 Å². The smallest absolute Gasteiger partial charge is 0.343 e. The van der Waals surface area contributed by atoms with E-state index in [1.165, 1.54) is 63.4 Å². The Labute approximate surface area is 256 Å². The molecule has 0 aromatic heterocycles. The summed E-state index contributed by atoms with van der Waals surface area (Å²) in [4.78, 5) is 13.0. The van der Waals surface area contributed by atoms with Crippen LogP contribution in [0, 0.1) is 0 Å². The first-order valence-corrected chi connectivity index (χ1v) is 16.7. The summed E-state index contributed by atoms with van der Waals surface area (Å²) >= 11 is 0. The minimum Gasteiger partial charge on any atom is -0.423 e. The summed E-state index contributed by atoms with van der Waals surface area (Å²) in [6.07, 6.45) is 16.7. The molecule has 3 nitrogen and oxygen atoms in total. The molecule has 228 valence electrons. The van der Waals surface area contributed by atoms with Gasteiger partial charge in [-0.05, 0) is 72.6 Å². The van der Waals surface area contributed by atoms with Gasteiger partial charge >= 0.3 is 5.97 Å². The van der Waals surface area contributed by atoms with Gasteiger partial charge in [-0.1, -0.05) is 140 Å². The lowest BCUT2D eigenvalue weighted by Gasteiger charge is -2.18. The Hall–Kier alpha value is -2.91. The Morgan fingerprint density at radius 3 is 1.83 bits per heavy atom. The minimum absolute atomic E-state index is 0.0854. The number of para-hydroxylation sites is 1. The van der Waals surface area contributed by atoms with Crippen molar-refractivity contribution in [2.75, 3.05) is 6.61 Å². The summed E-state index contributed by atoms with van der Waals surface area (Å²) < 4.78 is 12.0. The maximum Gasteiger partial charge on any atom is 0.343 e. The summed E-state index contributed by atoms with van der Waals surface area (Å²) in [5, 5.41) is 0. The Bertz CT molecular complexity index is 1150. The highest BCUT2D eigenvalue weighted by atomic mass is 16.5. The molecule has 3 aromatic carbocycles. The van der Waals surface area contributed by atoms with Crippen LogP contribution in [0.5, 0.6) is 5.75 Å². The van der Waals surface area contributed by atoms with Gasteiger partial charge in [-0.2, -0.15) is 0 Å². The first-order chi connectivity index (χ1) is 20.6. The lowest BCUT2D eigenvalue weighted by molar-refractivity contribution is 0.0627. The normalized spacial score (nSPS) is 12.7. The molecule has 3 rings (SSSR count). The van der Waals surface area contributed by atoms with Crippen LogP contribution in [-0.2, 0) is 4.74 Å². The Morgan fingerprint density at radius 1 is 0.667 bits per heavy atom. The predicted octanol–water partition coefficient (Wildman–Crippen LogP) is 11.9. The fraction of sp³-hybridized carbons (Fsp3) is 0.513. The molecule has 0 heterocycles. The Kier molecular flexibility index (Phi) is 15.4. The van der Waals surface area contributed by atoms with Gasteiger partial charge in [0, 0.05) is 6.61 Å². The van der Waals surface area contributed by atoms with Crippen molar-refractivity contribution >= 4 is 5.97 Å². The second kappa shape index (κ2) is 19.3. The van der Waals surface area contributed by atoms with Gasteiger partial charge in [0.25, 0.3) is 0 Å². The number of unbranched alkanes of at least 4 members (excludes halogenated alkanes) is 9. The highest BCUT2D eigenvalue weighted by Gasteiger charge is 2.17. The van der Waals surface area contributed by atoms with Gasteiger partial charge in [0.15, 0.2) is 0 Å². The van der Waals surface area contributed by atoms with Crippen LogP contribution in [0.25, 0.3) is 11.1 Å². The third-order valence-electron chi connectivity index (χ3n) is 8.39. The van der Waals surface area contributed by atoms with Crippen LogP contribution in [-0.4, -0.2) is 12.6 Å². The number of hydrogen-bond acceptors (Lipinski definition) is 3. The average Bonchev–Trinajstić information content (AvgIpc) is 3.03. The second-order valence-corrected chi connectivity index (χ2v) is 11.7. The van der Waals surface area contributed by atoms with E-state index in [0.29, 0.717) is 17.2 Å². The third kappa shape index (κ3) is 11.1. The summed E-state index contributed by atoms with van der Waals surface area (Å²) in [7, 11) is 0. The molecule has 0 aliphatic heterocycles. The number of carbonyl (C=O) groups is 1. The van der Waals surface area contributed by atoms with Crippen LogP contribution < -0.4 is 4.74 Å². The zero-order valence-electron chi connectivity index (χ0n) is 26.7. The van der Waals surface area contributed by atoms with Crippen LogP contribution >= 0.6 is 0 Å². The molecule has 0 aliphatic rings. The van der Waals surface area contributed by atoms with Crippen LogP contribution in [0.4, 0.5) is 0 Å². The molecule has 3 heteroatoms. The largest absolute Gasteiger partial charge is 0.423 e. The molecule has 0 bridgehead atoms. The summed E-state index contributed by atoms with van der Waals surface area (Å²) in [5.74, 6) is 0.758. The van der Waals surface area contributed by atoms with Crippen LogP contribution in [0.2, 0.25) is 0 Å². The topological polar surface area (TPSA) is 35.5 Å². The molecule has 0 saturated heterocycles. The zero-order valence-corrected chi connectivity index (χ0v) is 26.7. The Morgan fingerprint density at radius 2 is 1.24 bits per heavy atom. The zero-order chi connectivity index (χ0) is 30.0. The first-order valence-electron chi connectivity index (χ1n) is 16.7. The van der Waals surface area contributed by atoms with E-state index >= 15 is 0 Å². The number of benzene rings is 3. The SMILES string of the molecule is CCCCCCCCCCCCOC(C)c1ccc(-c2ccc(C(=O)Oc3ccccc3C(CC)CCC)cc2)cc1. The van der Waals surface area contributed by atoms with Gasteiger partial charge in [0.05, 0.1) is 11.7 Å². The van der Waals surface area contributed by atoms with Gasteiger partial charge in [-0.15, -0.1) is 0 Å². The van der Waals surface area contributed by atoms with Gasteiger partial charge < -0.3 is 9.47 Å². The fourth-order valence-corrected chi connectivity index (χ4v) is 5.69. The molecule has 0 N–H and O–H groups in total. The minimum atomic E-state index is -0.316. The van der Waals surface area contributed by atoms with Gasteiger partial charge in [-0.3, -0.25) is 0 Å². The molecule has 2 atom stereocenters. The molecule has 0 radical (unpaired) electrons. The quantitative estimate of drug-likeness (QED) is 0.0770. The number of esters is 1. The van der Waals surface area contributed by atoms with Gasteiger partial charge in [0.2, 0.25) is 0 Å². The van der Waals surface area contributed by atoms with Gasteiger partial charge in [0.1, 0.15) is 5.75 Å². The highest BCUT2D eigenvalue weighted by molar-refractivity contribution is 5.91. The molecule has 0 saturated carbocycles. The van der Waals surface area contributed by atoms with Crippen molar-refractivity contribution in [3.8, 4) is 16.9 Å². The number of carbonyl (C=O) groups excluding carboxylic acids is 1. The molecule has 0 amide bonds. The number of ether oxygens (including phenoxy) is 2. The van der Waals surface area contributed by atoms with E-state index in [1.807, 2.05) is 42.5 Å². The third-order valence-corrected chi connectivity index (χ3v) is 8.39. The van der Waals surface area contributed by atoms with Gasteiger partial charge in [-0.25, -0.2) is 4.79 Å². The summed E-state index contributed by atoms with van der Waals surface area (Å²) in [6.45, 7) is 9.61. The molecular weight excluding hydrogens is 516 g/mol. The molecule has 2 unspecified atom stereocenters. The van der Waals surface area contributed by atoms with Crippen molar-refractivity contribution in [1.82, 2.24) is 0 Å². The van der Waals surface area contributed by atoms with Crippen molar-refractivity contribution in [3.05, 3.63) is 89.5 Å². The summed E-state index contributed by atoms with van der Waals surface area (Å²) in [5.41, 5.74) is 5.07. The highest BCUT2D eigenvalue weighted by Crippen LogP contribution is 2.33. The average molecular weight is 571 g/mol. The maximum atomic E-state index is 13.0. The van der Waals surface area contributed by atoms with Crippen molar-refractivity contribution < 1.29 is 14.3 Å². The van der Waals surface area contributed by atoms with Crippen LogP contribution in [0.1, 0.15) is 145 Å². The van der Waals surface area contributed by atoms with E-state index in [2.05, 4.69) is 58.0 Å². The van der Waals surface area contributed by atoms with E-state index in [0.717, 1.165) is 49.0 Å². The second-order valence-electron chi connectivity index (χ2n) is 11.7. The van der Waals surface area contributed by atoms with Crippen LogP contribution in [0.3, 0.4) is 0 Å². The molecule has 0 spiro atoms. The molecule has 0 fully saturated rings. The van der Waals surface area contributed by atoms with E-state index in [-0.39, 0.29) is 12.1 Å². The fourth-order valence-electron chi connectivity index (χ4n) is 5.69. The summed E-state index contributed by atoms with van der Waals surface area (Å²) in [6, 6.07) is 24.2. The first kappa shape index (κ1) is 33.6. The monoisotopic (exact) mass is 570 g/mol. The van der Waals surface area contributed by atoms with E-state index < -0.39 is 0 Å². The Balaban J connectivity index is 1.44. The molecule has 3 aromatic rings.